The number of rotatable bonds is 7. The smallest absolute Gasteiger partial charge is 0.306 e. The molecule has 0 aliphatic heterocycles. The third-order valence-corrected chi connectivity index (χ3v) is 5.41. The van der Waals surface area contributed by atoms with E-state index in [0.717, 1.165) is 17.8 Å². The minimum Gasteiger partial charge on any atom is -0.502 e. The van der Waals surface area contributed by atoms with E-state index in [2.05, 4.69) is 5.10 Å². The van der Waals surface area contributed by atoms with E-state index in [1.807, 2.05) is 0 Å². The Balaban J connectivity index is 1.98. The number of methoxy groups -OCH3 is 1. The van der Waals surface area contributed by atoms with Gasteiger partial charge in [-0.3, -0.25) is 14.3 Å². The summed E-state index contributed by atoms with van der Waals surface area (Å²) in [5.41, 5.74) is -0.0832. The van der Waals surface area contributed by atoms with Crippen LogP contribution in [-0.4, -0.2) is 28.0 Å². The van der Waals surface area contributed by atoms with Gasteiger partial charge < -0.3 is 14.3 Å². The molecule has 0 spiro atoms. The van der Waals surface area contributed by atoms with Crippen molar-refractivity contribution < 1.29 is 23.4 Å². The quantitative estimate of drug-likeness (QED) is 0.465. The fourth-order valence-electron chi connectivity index (χ4n) is 2.88. The molecule has 29 heavy (non-hydrogen) atoms. The molecular weight excluding hydrogens is 399 g/mol. The van der Waals surface area contributed by atoms with Crippen LogP contribution in [0.1, 0.15) is 29.6 Å². The fraction of sp³-hybridized carbons (Fsp3) is 0.250. The van der Waals surface area contributed by atoms with E-state index >= 15 is 0 Å². The predicted molar refractivity (Wildman–Crippen MR) is 104 cm³/mol. The van der Waals surface area contributed by atoms with Crippen LogP contribution >= 0.6 is 11.8 Å². The first-order valence-corrected chi connectivity index (χ1v) is 9.67. The number of carbonyl (C=O) groups excluding carboxylic acids is 1. The second-order valence-electron chi connectivity index (χ2n) is 6.22. The molecule has 1 atom stereocenters. The van der Waals surface area contributed by atoms with Crippen LogP contribution in [-0.2, 0) is 22.3 Å². The highest BCUT2D eigenvalue weighted by Crippen LogP contribution is 2.34. The monoisotopic (exact) mass is 418 g/mol. The molecule has 0 fully saturated rings. The third-order valence-electron chi connectivity index (χ3n) is 4.34. The van der Waals surface area contributed by atoms with Crippen LogP contribution < -0.4 is 5.43 Å². The average molecular weight is 418 g/mol. The number of hydrogen-bond donors (Lipinski definition) is 1. The molecule has 0 bridgehead atoms. The molecule has 1 aromatic carbocycles. The molecule has 0 radical (unpaired) electrons. The van der Waals surface area contributed by atoms with Crippen molar-refractivity contribution in [2.75, 3.05) is 7.11 Å². The van der Waals surface area contributed by atoms with Gasteiger partial charge in [0.2, 0.25) is 11.2 Å². The molecule has 0 aliphatic carbocycles. The Morgan fingerprint density at radius 2 is 2.14 bits per heavy atom. The van der Waals surface area contributed by atoms with Gasteiger partial charge >= 0.3 is 5.97 Å². The van der Waals surface area contributed by atoms with Gasteiger partial charge in [-0.2, -0.15) is 5.10 Å². The summed E-state index contributed by atoms with van der Waals surface area (Å²) in [6, 6.07) is 9.08. The SMILES string of the molecule is COC(=O)C[C@@H](c1oc(CSc2ccccc2F)cc(=O)c1O)c1ccnn1C. The Bertz CT molecular complexity index is 1080. The third kappa shape index (κ3) is 4.68. The lowest BCUT2D eigenvalue weighted by molar-refractivity contribution is -0.141. The zero-order valence-electron chi connectivity index (χ0n) is 15.8. The number of aromatic nitrogens is 2. The van der Waals surface area contributed by atoms with Crippen LogP contribution in [0.4, 0.5) is 4.39 Å². The van der Waals surface area contributed by atoms with Crippen molar-refractivity contribution in [1.29, 1.82) is 0 Å². The van der Waals surface area contributed by atoms with E-state index in [9.17, 15) is 19.1 Å². The molecular formula is C20H19FN2O5S. The Morgan fingerprint density at radius 1 is 1.38 bits per heavy atom. The molecule has 3 rings (SSSR count). The van der Waals surface area contributed by atoms with Crippen molar-refractivity contribution in [3.8, 4) is 5.75 Å². The number of benzene rings is 1. The summed E-state index contributed by atoms with van der Waals surface area (Å²) in [4.78, 5) is 24.7. The van der Waals surface area contributed by atoms with Crippen LogP contribution in [0, 0.1) is 5.82 Å². The summed E-state index contributed by atoms with van der Waals surface area (Å²) >= 11 is 1.16. The standard InChI is InChI=1S/C20H19FN2O5S/c1-23-15(7-8-22-23)13(10-18(25)27-2)20-19(26)16(24)9-12(28-20)11-29-17-6-4-3-5-14(17)21/h3-9,13,26H,10-11H2,1-2H3/t13-/m1/s1. The van der Waals surface area contributed by atoms with Gasteiger partial charge in [0.15, 0.2) is 5.76 Å². The summed E-state index contributed by atoms with van der Waals surface area (Å²) in [7, 11) is 2.92. The van der Waals surface area contributed by atoms with Gasteiger partial charge in [-0.25, -0.2) is 4.39 Å². The van der Waals surface area contributed by atoms with Gasteiger partial charge in [0.1, 0.15) is 11.6 Å². The van der Waals surface area contributed by atoms with Crippen LogP contribution in [0.2, 0.25) is 0 Å². The van der Waals surface area contributed by atoms with Crippen LogP contribution in [0.25, 0.3) is 0 Å². The fourth-order valence-corrected chi connectivity index (χ4v) is 3.70. The number of halogens is 1. The van der Waals surface area contributed by atoms with Gasteiger partial charge in [0.25, 0.3) is 0 Å². The van der Waals surface area contributed by atoms with E-state index in [0.29, 0.717) is 10.6 Å². The summed E-state index contributed by atoms with van der Waals surface area (Å²) < 4.78 is 25.9. The minimum atomic E-state index is -0.777. The molecule has 2 aromatic heterocycles. The van der Waals surface area contributed by atoms with E-state index < -0.39 is 23.1 Å². The van der Waals surface area contributed by atoms with Crippen molar-refractivity contribution in [2.45, 2.75) is 23.0 Å². The highest BCUT2D eigenvalue weighted by Gasteiger charge is 2.28. The van der Waals surface area contributed by atoms with Gasteiger partial charge in [0.05, 0.1) is 25.2 Å². The largest absolute Gasteiger partial charge is 0.502 e. The maximum Gasteiger partial charge on any atom is 0.306 e. The molecule has 0 saturated heterocycles. The Kier molecular flexibility index (Phi) is 6.38. The zero-order chi connectivity index (χ0) is 21.0. The molecule has 2 heterocycles. The lowest BCUT2D eigenvalue weighted by Crippen LogP contribution is -2.16. The highest BCUT2D eigenvalue weighted by atomic mass is 32.2. The lowest BCUT2D eigenvalue weighted by Gasteiger charge is -2.17. The number of thioether (sulfide) groups is 1. The van der Waals surface area contributed by atoms with Gasteiger partial charge in [-0.05, 0) is 18.2 Å². The molecule has 7 nitrogen and oxygen atoms in total. The normalized spacial score (nSPS) is 12.0. The maximum absolute atomic E-state index is 13.8. The first-order chi connectivity index (χ1) is 13.9. The zero-order valence-corrected chi connectivity index (χ0v) is 16.6. The summed E-state index contributed by atoms with van der Waals surface area (Å²) in [5, 5.41) is 14.4. The average Bonchev–Trinajstić information content (AvgIpc) is 3.13. The first-order valence-electron chi connectivity index (χ1n) is 8.68. The van der Waals surface area contributed by atoms with Crippen molar-refractivity contribution in [1.82, 2.24) is 9.78 Å². The highest BCUT2D eigenvalue weighted by molar-refractivity contribution is 7.98. The number of aromatic hydroxyl groups is 1. The predicted octanol–water partition coefficient (Wildman–Crippen LogP) is 3.21. The first kappa shape index (κ1) is 20.7. The lowest BCUT2D eigenvalue weighted by atomic mass is 9.97. The number of esters is 1. The van der Waals surface area contributed by atoms with Crippen LogP contribution in [0.5, 0.6) is 5.75 Å². The molecule has 0 saturated carbocycles. The Hall–Kier alpha value is -3.07. The number of nitrogens with zero attached hydrogens (tertiary/aromatic N) is 2. The molecule has 0 aliphatic rings. The van der Waals surface area contributed by atoms with Crippen molar-refractivity contribution in [3.05, 3.63) is 75.9 Å². The van der Waals surface area contributed by atoms with Crippen LogP contribution in [0.3, 0.4) is 0 Å². The Morgan fingerprint density at radius 3 is 2.79 bits per heavy atom. The minimum absolute atomic E-state index is 0.0596. The Labute approximate surface area is 170 Å². The second-order valence-corrected chi connectivity index (χ2v) is 7.24. The van der Waals surface area contributed by atoms with E-state index in [4.69, 9.17) is 9.15 Å². The number of aryl methyl sites for hydroxylation is 1. The summed E-state index contributed by atoms with van der Waals surface area (Å²) in [6.07, 6.45) is 1.38. The topological polar surface area (TPSA) is 94.6 Å². The van der Waals surface area contributed by atoms with E-state index in [1.165, 1.54) is 24.1 Å². The van der Waals surface area contributed by atoms with Gasteiger partial charge in [-0.1, -0.05) is 12.1 Å². The number of ether oxygens (including phenoxy) is 1. The molecule has 3 aromatic rings. The molecule has 1 N–H and O–H groups in total. The maximum atomic E-state index is 13.8. The molecule has 9 heteroatoms. The van der Waals surface area contributed by atoms with E-state index in [1.54, 1.807) is 31.3 Å². The van der Waals surface area contributed by atoms with Gasteiger partial charge in [-0.15, -0.1) is 11.8 Å². The van der Waals surface area contributed by atoms with Crippen LogP contribution in [0.15, 0.2) is 56.7 Å². The number of hydrogen-bond acceptors (Lipinski definition) is 7. The van der Waals surface area contributed by atoms with Crippen molar-refractivity contribution in [2.24, 2.45) is 7.05 Å². The molecule has 0 unspecified atom stereocenters. The van der Waals surface area contributed by atoms with Gasteiger partial charge in [0, 0.05) is 29.9 Å². The summed E-state index contributed by atoms with van der Waals surface area (Å²) in [5.74, 6) is -1.93. The molecule has 0 amide bonds. The number of carbonyl (C=O) groups is 1. The second kappa shape index (κ2) is 8.95. The van der Waals surface area contributed by atoms with Crippen molar-refractivity contribution >= 4 is 17.7 Å². The van der Waals surface area contributed by atoms with E-state index in [-0.39, 0.29) is 29.5 Å². The molecule has 152 valence electrons. The summed E-state index contributed by atoms with van der Waals surface area (Å²) in [6.45, 7) is 0. The van der Waals surface area contributed by atoms with Crippen molar-refractivity contribution in [3.63, 3.8) is 0 Å².